The first-order valence-electron chi connectivity index (χ1n) is 5.83. The Hall–Kier alpha value is -0.0800. The molecular formula is C11H26N2. The van der Waals surface area contributed by atoms with Crippen LogP contribution in [0, 0.1) is 0 Å². The summed E-state index contributed by atoms with van der Waals surface area (Å²) in [6.45, 7) is 9.07. The predicted molar refractivity (Wildman–Crippen MR) is 60.2 cm³/mol. The lowest BCUT2D eigenvalue weighted by atomic mass is 10.2. The first kappa shape index (κ1) is 12.9. The van der Waals surface area contributed by atoms with E-state index in [1.807, 2.05) is 0 Å². The second-order valence-electron chi connectivity index (χ2n) is 3.52. The Balaban J connectivity index is 2.76. The summed E-state index contributed by atoms with van der Waals surface area (Å²) >= 11 is 0. The van der Waals surface area contributed by atoms with E-state index in [2.05, 4.69) is 24.5 Å². The van der Waals surface area contributed by atoms with Crippen molar-refractivity contribution in [3.05, 3.63) is 0 Å². The van der Waals surface area contributed by atoms with Gasteiger partial charge in [-0.15, -0.1) is 0 Å². The number of nitrogens with one attached hydrogen (secondary N) is 2. The molecule has 0 aliphatic carbocycles. The normalized spacial score (nSPS) is 10.6. The van der Waals surface area contributed by atoms with Crippen molar-refractivity contribution in [3.8, 4) is 0 Å². The van der Waals surface area contributed by atoms with Crippen molar-refractivity contribution in [1.29, 1.82) is 0 Å². The molecule has 0 spiro atoms. The van der Waals surface area contributed by atoms with Crippen LogP contribution in [-0.2, 0) is 0 Å². The lowest BCUT2D eigenvalue weighted by Crippen LogP contribution is -2.19. The highest BCUT2D eigenvalue weighted by molar-refractivity contribution is 4.50. The van der Waals surface area contributed by atoms with Crippen LogP contribution < -0.4 is 10.6 Å². The van der Waals surface area contributed by atoms with E-state index in [1.165, 1.54) is 51.7 Å². The van der Waals surface area contributed by atoms with Gasteiger partial charge in [-0.3, -0.25) is 0 Å². The first-order valence-corrected chi connectivity index (χ1v) is 5.83. The average molecular weight is 186 g/mol. The SMILES string of the molecule is CCCCCNCCCCNCC. The molecule has 0 aromatic heterocycles. The molecule has 0 aromatic rings. The van der Waals surface area contributed by atoms with Crippen LogP contribution in [-0.4, -0.2) is 26.2 Å². The van der Waals surface area contributed by atoms with Crippen molar-refractivity contribution in [3.63, 3.8) is 0 Å². The van der Waals surface area contributed by atoms with Gasteiger partial charge < -0.3 is 10.6 Å². The quantitative estimate of drug-likeness (QED) is 0.511. The van der Waals surface area contributed by atoms with Gasteiger partial charge in [-0.25, -0.2) is 0 Å². The summed E-state index contributed by atoms with van der Waals surface area (Å²) in [6.07, 6.45) is 6.63. The van der Waals surface area contributed by atoms with E-state index in [0.717, 1.165) is 6.54 Å². The lowest BCUT2D eigenvalue weighted by Gasteiger charge is -2.04. The lowest BCUT2D eigenvalue weighted by molar-refractivity contribution is 0.569. The molecular weight excluding hydrogens is 160 g/mol. The van der Waals surface area contributed by atoms with Crippen LogP contribution in [0.4, 0.5) is 0 Å². The van der Waals surface area contributed by atoms with E-state index in [0.29, 0.717) is 0 Å². The Morgan fingerprint density at radius 2 is 1.23 bits per heavy atom. The largest absolute Gasteiger partial charge is 0.317 e. The maximum absolute atomic E-state index is 3.47. The molecule has 2 nitrogen and oxygen atoms in total. The molecule has 0 aliphatic heterocycles. The fraction of sp³-hybridized carbons (Fsp3) is 1.00. The van der Waals surface area contributed by atoms with Crippen LogP contribution in [0.5, 0.6) is 0 Å². The summed E-state index contributed by atoms with van der Waals surface area (Å²) in [7, 11) is 0. The zero-order valence-electron chi connectivity index (χ0n) is 9.36. The maximum atomic E-state index is 3.47. The van der Waals surface area contributed by atoms with Gasteiger partial charge in [0.15, 0.2) is 0 Å². The molecule has 80 valence electrons. The molecule has 0 aliphatic rings. The van der Waals surface area contributed by atoms with E-state index in [9.17, 15) is 0 Å². The smallest absolute Gasteiger partial charge is 0.00484 e. The van der Waals surface area contributed by atoms with E-state index in [1.54, 1.807) is 0 Å². The third-order valence-electron chi connectivity index (χ3n) is 2.16. The van der Waals surface area contributed by atoms with Gasteiger partial charge in [-0.2, -0.15) is 0 Å². The summed E-state index contributed by atoms with van der Waals surface area (Å²) in [6, 6.07) is 0. The Labute approximate surface area is 83.5 Å². The Morgan fingerprint density at radius 3 is 1.77 bits per heavy atom. The van der Waals surface area contributed by atoms with Gasteiger partial charge in [0.25, 0.3) is 0 Å². The second-order valence-corrected chi connectivity index (χ2v) is 3.52. The Morgan fingerprint density at radius 1 is 0.692 bits per heavy atom. The van der Waals surface area contributed by atoms with Gasteiger partial charge in [0.2, 0.25) is 0 Å². The molecule has 0 atom stereocenters. The van der Waals surface area contributed by atoms with Crippen LogP contribution in [0.25, 0.3) is 0 Å². The van der Waals surface area contributed by atoms with Crippen molar-refractivity contribution in [2.45, 2.75) is 46.0 Å². The highest BCUT2D eigenvalue weighted by atomic mass is 14.9. The molecule has 2 heteroatoms. The number of rotatable bonds is 10. The summed E-state index contributed by atoms with van der Waals surface area (Å²) < 4.78 is 0. The molecule has 0 fully saturated rings. The summed E-state index contributed by atoms with van der Waals surface area (Å²) in [5.74, 6) is 0. The van der Waals surface area contributed by atoms with Gasteiger partial charge in [-0.1, -0.05) is 26.7 Å². The molecule has 0 radical (unpaired) electrons. The first-order chi connectivity index (χ1) is 6.41. The van der Waals surface area contributed by atoms with Crippen LogP contribution in [0.2, 0.25) is 0 Å². The molecule has 0 amide bonds. The zero-order valence-corrected chi connectivity index (χ0v) is 9.36. The fourth-order valence-corrected chi connectivity index (χ4v) is 1.30. The van der Waals surface area contributed by atoms with Gasteiger partial charge in [0.05, 0.1) is 0 Å². The average Bonchev–Trinajstić information content (AvgIpc) is 2.16. The number of hydrogen-bond acceptors (Lipinski definition) is 2. The molecule has 0 aromatic carbocycles. The Kier molecular flexibility index (Phi) is 11.8. The monoisotopic (exact) mass is 186 g/mol. The summed E-state index contributed by atoms with van der Waals surface area (Å²) in [5.41, 5.74) is 0. The van der Waals surface area contributed by atoms with Crippen molar-refractivity contribution in [2.75, 3.05) is 26.2 Å². The van der Waals surface area contributed by atoms with Crippen molar-refractivity contribution < 1.29 is 0 Å². The maximum Gasteiger partial charge on any atom is -0.00484 e. The van der Waals surface area contributed by atoms with E-state index in [4.69, 9.17) is 0 Å². The minimum Gasteiger partial charge on any atom is -0.317 e. The molecule has 13 heavy (non-hydrogen) atoms. The van der Waals surface area contributed by atoms with Gasteiger partial charge >= 0.3 is 0 Å². The van der Waals surface area contributed by atoms with Gasteiger partial charge in [-0.05, 0) is 45.4 Å². The van der Waals surface area contributed by atoms with Crippen LogP contribution >= 0.6 is 0 Å². The van der Waals surface area contributed by atoms with Crippen LogP contribution in [0.3, 0.4) is 0 Å². The second kappa shape index (κ2) is 11.9. The van der Waals surface area contributed by atoms with Crippen LogP contribution in [0.15, 0.2) is 0 Å². The third kappa shape index (κ3) is 11.9. The summed E-state index contributed by atoms with van der Waals surface area (Å²) in [5, 5.41) is 6.80. The number of unbranched alkanes of at least 4 members (excludes halogenated alkanes) is 3. The predicted octanol–water partition coefficient (Wildman–Crippen LogP) is 2.16. The van der Waals surface area contributed by atoms with E-state index >= 15 is 0 Å². The standard InChI is InChI=1S/C11H26N2/c1-3-5-6-10-13-11-8-7-9-12-4-2/h12-13H,3-11H2,1-2H3. The molecule has 0 heterocycles. The van der Waals surface area contributed by atoms with Crippen LogP contribution in [0.1, 0.15) is 46.0 Å². The summed E-state index contributed by atoms with van der Waals surface area (Å²) in [4.78, 5) is 0. The molecule has 0 rings (SSSR count). The molecule has 0 unspecified atom stereocenters. The topological polar surface area (TPSA) is 24.1 Å². The van der Waals surface area contributed by atoms with Crippen molar-refractivity contribution in [2.24, 2.45) is 0 Å². The van der Waals surface area contributed by atoms with Crippen molar-refractivity contribution in [1.82, 2.24) is 10.6 Å². The highest BCUT2D eigenvalue weighted by Gasteiger charge is 1.88. The molecule has 0 saturated heterocycles. The number of hydrogen-bond donors (Lipinski definition) is 2. The zero-order chi connectivity index (χ0) is 9.78. The highest BCUT2D eigenvalue weighted by Crippen LogP contribution is 1.91. The fourth-order valence-electron chi connectivity index (χ4n) is 1.30. The molecule has 0 bridgehead atoms. The van der Waals surface area contributed by atoms with Gasteiger partial charge in [0, 0.05) is 0 Å². The molecule has 2 N–H and O–H groups in total. The minimum absolute atomic E-state index is 1.10. The molecule has 0 saturated carbocycles. The third-order valence-corrected chi connectivity index (χ3v) is 2.16. The Bertz CT molecular complexity index is 74.2. The van der Waals surface area contributed by atoms with E-state index < -0.39 is 0 Å². The van der Waals surface area contributed by atoms with E-state index in [-0.39, 0.29) is 0 Å². The van der Waals surface area contributed by atoms with Gasteiger partial charge in [0.1, 0.15) is 0 Å². The van der Waals surface area contributed by atoms with Crippen molar-refractivity contribution >= 4 is 0 Å². The minimum atomic E-state index is 1.10.